The maximum Gasteiger partial charge on any atom is 0.410 e. The summed E-state index contributed by atoms with van der Waals surface area (Å²) in [4.78, 5) is 39.8. The van der Waals surface area contributed by atoms with E-state index in [4.69, 9.17) is 4.74 Å². The molecule has 2 fully saturated rings. The predicted octanol–water partition coefficient (Wildman–Crippen LogP) is 1.33. The number of anilines is 1. The Morgan fingerprint density at radius 1 is 1.11 bits per heavy atom. The number of likely N-dealkylation sites (N-methyl/N-ethyl adjacent to an activating group) is 1. The van der Waals surface area contributed by atoms with Gasteiger partial charge in [-0.15, -0.1) is 0 Å². The summed E-state index contributed by atoms with van der Waals surface area (Å²) in [6, 6.07) is 5.15. The van der Waals surface area contributed by atoms with Crippen molar-refractivity contribution in [1.82, 2.24) is 18.9 Å². The average molecular weight is 373 g/mol. The van der Waals surface area contributed by atoms with E-state index in [2.05, 4.69) is 5.32 Å². The fourth-order valence-electron chi connectivity index (χ4n) is 4.06. The van der Waals surface area contributed by atoms with Crippen molar-refractivity contribution in [3.63, 3.8) is 0 Å². The summed E-state index contributed by atoms with van der Waals surface area (Å²) in [6.45, 7) is 1.48. The largest absolute Gasteiger partial charge is 0.439 e. The molecule has 3 heterocycles. The number of carbonyl (C=O) groups excluding carboxylic acids is 2. The summed E-state index contributed by atoms with van der Waals surface area (Å²) in [5.74, 6) is 0. The standard InChI is InChI=1S/C18H23N5O4/c1-20-10-18(27-17(20)26)7-4-8-23(11-18)15(24)19-12-5-6-13-14(9-12)22(3)16(25)21(13)2/h5-6,9H,4,7-8,10-11H2,1-3H3,(H,19,24). The minimum atomic E-state index is -0.616. The number of nitrogens with one attached hydrogen (secondary N) is 1. The zero-order valence-corrected chi connectivity index (χ0v) is 15.7. The fourth-order valence-corrected chi connectivity index (χ4v) is 4.06. The molecule has 0 aliphatic carbocycles. The van der Waals surface area contributed by atoms with Gasteiger partial charge in [-0.1, -0.05) is 0 Å². The van der Waals surface area contributed by atoms with Gasteiger partial charge in [0.15, 0.2) is 0 Å². The third kappa shape index (κ3) is 2.83. The number of nitrogens with zero attached hydrogens (tertiary/aromatic N) is 4. The lowest BCUT2D eigenvalue weighted by Gasteiger charge is -2.38. The summed E-state index contributed by atoms with van der Waals surface area (Å²) in [5, 5.41) is 2.90. The lowest BCUT2D eigenvalue weighted by molar-refractivity contribution is 0.00497. The van der Waals surface area contributed by atoms with Crippen LogP contribution < -0.4 is 11.0 Å². The monoisotopic (exact) mass is 373 g/mol. The summed E-state index contributed by atoms with van der Waals surface area (Å²) >= 11 is 0. The minimum absolute atomic E-state index is 0.112. The molecule has 1 aromatic carbocycles. The molecule has 9 heteroatoms. The van der Waals surface area contributed by atoms with Crippen LogP contribution in [0, 0.1) is 0 Å². The average Bonchev–Trinajstić information content (AvgIpc) is 3.03. The summed E-state index contributed by atoms with van der Waals surface area (Å²) in [6.07, 6.45) is 1.19. The van der Waals surface area contributed by atoms with E-state index in [1.54, 1.807) is 52.2 Å². The molecular weight excluding hydrogens is 350 g/mol. The molecule has 2 saturated heterocycles. The van der Waals surface area contributed by atoms with Crippen LogP contribution in [0.5, 0.6) is 0 Å². The molecule has 1 atom stereocenters. The summed E-state index contributed by atoms with van der Waals surface area (Å²) < 4.78 is 8.67. The van der Waals surface area contributed by atoms with E-state index in [0.717, 1.165) is 23.9 Å². The maximum atomic E-state index is 12.8. The van der Waals surface area contributed by atoms with Gasteiger partial charge >= 0.3 is 17.8 Å². The van der Waals surface area contributed by atoms with Crippen molar-refractivity contribution in [3.8, 4) is 0 Å². The van der Waals surface area contributed by atoms with Gasteiger partial charge in [-0.25, -0.2) is 14.4 Å². The Kier molecular flexibility index (Phi) is 3.90. The molecule has 0 radical (unpaired) electrons. The van der Waals surface area contributed by atoms with Crippen LogP contribution in [0.4, 0.5) is 15.3 Å². The number of aromatic nitrogens is 2. The smallest absolute Gasteiger partial charge is 0.410 e. The lowest BCUT2D eigenvalue weighted by Crippen LogP contribution is -2.53. The second-order valence-electron chi connectivity index (χ2n) is 7.47. The van der Waals surface area contributed by atoms with Crippen LogP contribution >= 0.6 is 0 Å². The van der Waals surface area contributed by atoms with Gasteiger partial charge in [0.05, 0.1) is 24.1 Å². The third-order valence-electron chi connectivity index (χ3n) is 5.49. The van der Waals surface area contributed by atoms with Crippen LogP contribution in [0.1, 0.15) is 12.8 Å². The molecule has 1 N–H and O–H groups in total. The second kappa shape index (κ2) is 6.04. The van der Waals surface area contributed by atoms with E-state index in [0.29, 0.717) is 25.3 Å². The molecule has 4 rings (SSSR count). The molecule has 1 spiro atoms. The Balaban J connectivity index is 1.52. The Morgan fingerprint density at radius 2 is 1.85 bits per heavy atom. The quantitative estimate of drug-likeness (QED) is 0.817. The Labute approximate surface area is 156 Å². The summed E-state index contributed by atoms with van der Waals surface area (Å²) in [7, 11) is 5.13. The Bertz CT molecular complexity index is 994. The van der Waals surface area contributed by atoms with Crippen molar-refractivity contribution in [2.75, 3.05) is 32.0 Å². The number of aryl methyl sites for hydroxylation is 2. The van der Waals surface area contributed by atoms with Crippen LogP contribution in [0.3, 0.4) is 0 Å². The van der Waals surface area contributed by atoms with Crippen LogP contribution in [-0.2, 0) is 18.8 Å². The number of carbonyl (C=O) groups is 2. The number of hydrogen-bond donors (Lipinski definition) is 1. The lowest BCUT2D eigenvalue weighted by atomic mass is 9.93. The summed E-state index contributed by atoms with van der Waals surface area (Å²) in [5.41, 5.74) is 1.45. The second-order valence-corrected chi connectivity index (χ2v) is 7.47. The predicted molar refractivity (Wildman–Crippen MR) is 99.8 cm³/mol. The highest BCUT2D eigenvalue weighted by Gasteiger charge is 2.47. The third-order valence-corrected chi connectivity index (χ3v) is 5.49. The van der Waals surface area contributed by atoms with Crippen molar-refractivity contribution in [2.45, 2.75) is 18.4 Å². The number of fused-ring (bicyclic) bond motifs is 1. The van der Waals surface area contributed by atoms with Crippen LogP contribution in [-0.4, -0.2) is 63.3 Å². The number of piperidine rings is 1. The highest BCUT2D eigenvalue weighted by atomic mass is 16.6. The molecule has 0 bridgehead atoms. The molecule has 2 aliphatic rings. The number of imidazole rings is 1. The van der Waals surface area contributed by atoms with Gasteiger partial charge in [0.25, 0.3) is 0 Å². The molecule has 144 valence electrons. The molecule has 27 heavy (non-hydrogen) atoms. The Hall–Kier alpha value is -2.97. The van der Waals surface area contributed by atoms with Crippen molar-refractivity contribution < 1.29 is 14.3 Å². The first-order chi connectivity index (χ1) is 12.8. The van der Waals surface area contributed by atoms with E-state index in [1.807, 2.05) is 6.07 Å². The van der Waals surface area contributed by atoms with Crippen molar-refractivity contribution in [1.29, 1.82) is 0 Å². The van der Waals surface area contributed by atoms with Crippen LogP contribution in [0.25, 0.3) is 11.0 Å². The van der Waals surface area contributed by atoms with E-state index < -0.39 is 5.60 Å². The molecule has 2 aliphatic heterocycles. The highest BCUT2D eigenvalue weighted by Crippen LogP contribution is 2.31. The van der Waals surface area contributed by atoms with Gasteiger partial charge < -0.3 is 19.9 Å². The van der Waals surface area contributed by atoms with Crippen molar-refractivity contribution in [3.05, 3.63) is 28.7 Å². The number of ether oxygens (including phenoxy) is 1. The Morgan fingerprint density at radius 3 is 2.56 bits per heavy atom. The first kappa shape index (κ1) is 17.4. The van der Waals surface area contributed by atoms with E-state index >= 15 is 0 Å². The van der Waals surface area contributed by atoms with Gasteiger partial charge in [0.1, 0.15) is 5.60 Å². The van der Waals surface area contributed by atoms with Crippen LogP contribution in [0.2, 0.25) is 0 Å². The van der Waals surface area contributed by atoms with Gasteiger partial charge in [-0.05, 0) is 31.0 Å². The first-order valence-corrected chi connectivity index (χ1v) is 8.95. The van der Waals surface area contributed by atoms with Gasteiger partial charge in [0.2, 0.25) is 0 Å². The number of likely N-dealkylation sites (tertiary alicyclic amines) is 1. The molecule has 9 nitrogen and oxygen atoms in total. The number of rotatable bonds is 1. The van der Waals surface area contributed by atoms with Gasteiger partial charge in [0, 0.05) is 33.4 Å². The molecule has 1 unspecified atom stereocenters. The number of urea groups is 1. The molecule has 3 amide bonds. The normalized spacial score (nSPS) is 22.6. The fraction of sp³-hybridized carbons (Fsp3) is 0.500. The molecule has 0 saturated carbocycles. The SMILES string of the molecule is CN1CC2(CCCN(C(=O)Nc3ccc4c(c3)n(C)c(=O)n4C)C2)OC1=O. The first-order valence-electron chi connectivity index (χ1n) is 8.95. The van der Waals surface area contributed by atoms with E-state index in [9.17, 15) is 14.4 Å². The van der Waals surface area contributed by atoms with Crippen molar-refractivity contribution >= 4 is 28.8 Å². The number of amides is 3. The molecule has 1 aromatic heterocycles. The molecular formula is C18H23N5O4. The maximum absolute atomic E-state index is 12.8. The van der Waals surface area contributed by atoms with Gasteiger partial charge in [-0.2, -0.15) is 0 Å². The number of benzene rings is 1. The van der Waals surface area contributed by atoms with E-state index in [1.165, 1.54) is 0 Å². The van der Waals surface area contributed by atoms with Crippen LogP contribution in [0.15, 0.2) is 23.0 Å². The van der Waals surface area contributed by atoms with E-state index in [-0.39, 0.29) is 17.8 Å². The zero-order valence-electron chi connectivity index (χ0n) is 15.7. The minimum Gasteiger partial charge on any atom is -0.439 e. The van der Waals surface area contributed by atoms with Gasteiger partial charge in [-0.3, -0.25) is 9.13 Å². The zero-order chi connectivity index (χ0) is 19.3. The topological polar surface area (TPSA) is 88.8 Å². The highest BCUT2D eigenvalue weighted by molar-refractivity contribution is 5.92. The molecule has 2 aromatic rings. The number of hydrogen-bond acceptors (Lipinski definition) is 4. The van der Waals surface area contributed by atoms with Crippen molar-refractivity contribution in [2.24, 2.45) is 14.1 Å².